The molecule has 0 aliphatic rings. The van der Waals surface area contributed by atoms with Crippen LogP contribution in [0.1, 0.15) is 6.92 Å². The molecule has 0 atom stereocenters. The van der Waals surface area contributed by atoms with Crippen molar-refractivity contribution in [2.45, 2.75) is 6.92 Å². The van der Waals surface area contributed by atoms with Gasteiger partial charge in [-0.1, -0.05) is 23.2 Å². The fraction of sp³-hybridized carbons (Fsp3) is 0.250. The fourth-order valence-corrected chi connectivity index (χ4v) is 1.56. The van der Waals surface area contributed by atoms with Gasteiger partial charge in [0.05, 0.1) is 12.1 Å². The summed E-state index contributed by atoms with van der Waals surface area (Å²) in [4.78, 5) is 11.1. The Kier molecular flexibility index (Phi) is 5.32. The zero-order valence-electron chi connectivity index (χ0n) is 9.50. The zero-order valence-corrected chi connectivity index (χ0v) is 11.0. The highest BCUT2D eigenvalue weighted by Crippen LogP contribution is 2.27. The number of ether oxygens (including phenoxy) is 2. The van der Waals surface area contributed by atoms with Crippen molar-refractivity contribution in [1.29, 1.82) is 0 Å². The molecule has 17 heavy (non-hydrogen) atoms. The van der Waals surface area contributed by atoms with Crippen LogP contribution >= 0.6 is 23.2 Å². The van der Waals surface area contributed by atoms with Gasteiger partial charge in [-0.05, 0) is 31.2 Å². The van der Waals surface area contributed by atoms with E-state index in [2.05, 4.69) is 4.74 Å². The maximum absolute atomic E-state index is 11.1. The van der Waals surface area contributed by atoms with Crippen LogP contribution in [0.25, 0.3) is 0 Å². The Labute approximate surface area is 110 Å². The SMILES string of the molecule is COC(=O)/C(C)=C\COc1ccc(Cl)cc1Cl. The molecular formula is C12H12Cl2O3. The predicted molar refractivity (Wildman–Crippen MR) is 67.7 cm³/mol. The van der Waals surface area contributed by atoms with Gasteiger partial charge in [0, 0.05) is 10.6 Å². The predicted octanol–water partition coefficient (Wildman–Crippen LogP) is 3.49. The molecular weight excluding hydrogens is 263 g/mol. The van der Waals surface area contributed by atoms with Crippen molar-refractivity contribution in [1.82, 2.24) is 0 Å². The molecule has 3 nitrogen and oxygen atoms in total. The van der Waals surface area contributed by atoms with Gasteiger partial charge in [0.15, 0.2) is 0 Å². The summed E-state index contributed by atoms with van der Waals surface area (Å²) in [5.74, 6) is 0.140. The Morgan fingerprint density at radius 1 is 1.41 bits per heavy atom. The van der Waals surface area contributed by atoms with Gasteiger partial charge in [-0.2, -0.15) is 0 Å². The van der Waals surface area contributed by atoms with Crippen LogP contribution < -0.4 is 4.74 Å². The number of rotatable bonds is 4. The van der Waals surface area contributed by atoms with Crippen molar-refractivity contribution in [3.05, 3.63) is 39.9 Å². The molecule has 0 N–H and O–H groups in total. The normalized spacial score (nSPS) is 11.2. The van der Waals surface area contributed by atoms with E-state index in [0.717, 1.165) is 0 Å². The molecule has 0 fully saturated rings. The van der Waals surface area contributed by atoms with Crippen molar-refractivity contribution < 1.29 is 14.3 Å². The van der Waals surface area contributed by atoms with E-state index in [1.807, 2.05) is 0 Å². The molecule has 1 aromatic rings. The number of methoxy groups -OCH3 is 1. The summed E-state index contributed by atoms with van der Waals surface area (Å²) in [6.45, 7) is 1.89. The Balaban J connectivity index is 2.59. The number of carbonyl (C=O) groups is 1. The largest absolute Gasteiger partial charge is 0.488 e. The molecule has 0 amide bonds. The Morgan fingerprint density at radius 2 is 2.12 bits per heavy atom. The standard InChI is InChI=1S/C12H12Cl2O3/c1-8(12(15)16-2)5-6-17-11-4-3-9(13)7-10(11)14/h3-5,7H,6H2,1-2H3/b8-5-. The molecule has 0 aromatic heterocycles. The zero-order chi connectivity index (χ0) is 12.8. The first-order valence-corrected chi connectivity index (χ1v) is 5.63. The quantitative estimate of drug-likeness (QED) is 0.623. The highest BCUT2D eigenvalue weighted by Gasteiger charge is 2.04. The maximum Gasteiger partial charge on any atom is 0.333 e. The fourth-order valence-electron chi connectivity index (χ4n) is 1.09. The Morgan fingerprint density at radius 3 is 2.71 bits per heavy atom. The van der Waals surface area contributed by atoms with Crippen molar-refractivity contribution >= 4 is 29.2 Å². The maximum atomic E-state index is 11.1. The van der Waals surface area contributed by atoms with E-state index in [-0.39, 0.29) is 12.6 Å². The summed E-state index contributed by atoms with van der Waals surface area (Å²) in [6, 6.07) is 4.95. The summed E-state index contributed by atoms with van der Waals surface area (Å²) in [5.41, 5.74) is 0.484. The van der Waals surface area contributed by atoms with Gasteiger partial charge in [0.2, 0.25) is 0 Å². The molecule has 0 aliphatic carbocycles. The van der Waals surface area contributed by atoms with Crippen LogP contribution in [0.4, 0.5) is 0 Å². The molecule has 1 aromatic carbocycles. The van der Waals surface area contributed by atoms with E-state index in [1.54, 1.807) is 31.2 Å². The number of benzene rings is 1. The second-order valence-corrected chi connectivity index (χ2v) is 4.11. The minimum Gasteiger partial charge on any atom is -0.488 e. The Hall–Kier alpha value is -1.19. The molecule has 1 rings (SSSR count). The third-order valence-corrected chi connectivity index (χ3v) is 2.56. The summed E-state index contributed by atoms with van der Waals surface area (Å²) in [7, 11) is 1.33. The summed E-state index contributed by atoms with van der Waals surface area (Å²) in [5, 5.41) is 0.977. The van der Waals surface area contributed by atoms with E-state index in [4.69, 9.17) is 27.9 Å². The smallest absolute Gasteiger partial charge is 0.333 e. The third kappa shape index (κ3) is 4.29. The molecule has 0 aliphatic heterocycles. The van der Waals surface area contributed by atoms with Gasteiger partial charge >= 0.3 is 5.97 Å². The first kappa shape index (κ1) is 13.9. The van der Waals surface area contributed by atoms with Crippen molar-refractivity contribution in [3.63, 3.8) is 0 Å². The first-order chi connectivity index (χ1) is 8.04. The highest BCUT2D eigenvalue weighted by molar-refractivity contribution is 6.35. The first-order valence-electron chi connectivity index (χ1n) is 4.87. The summed E-state index contributed by atoms with van der Waals surface area (Å²) < 4.78 is 9.93. The van der Waals surface area contributed by atoms with E-state index >= 15 is 0 Å². The van der Waals surface area contributed by atoms with Gasteiger partial charge in [0.25, 0.3) is 0 Å². The highest BCUT2D eigenvalue weighted by atomic mass is 35.5. The van der Waals surface area contributed by atoms with Crippen molar-refractivity contribution in [2.75, 3.05) is 13.7 Å². The molecule has 0 radical (unpaired) electrons. The average molecular weight is 275 g/mol. The lowest BCUT2D eigenvalue weighted by atomic mass is 10.3. The molecule has 0 heterocycles. The number of halogens is 2. The van der Waals surface area contributed by atoms with E-state index in [1.165, 1.54) is 7.11 Å². The summed E-state index contributed by atoms with van der Waals surface area (Å²) >= 11 is 11.7. The third-order valence-electron chi connectivity index (χ3n) is 2.03. The number of esters is 1. The molecule has 0 unspecified atom stereocenters. The second kappa shape index (κ2) is 6.52. The van der Waals surface area contributed by atoms with E-state index in [9.17, 15) is 4.79 Å². The molecule has 5 heteroatoms. The molecule has 0 saturated carbocycles. The summed E-state index contributed by atoms with van der Waals surface area (Å²) in [6.07, 6.45) is 1.62. The molecule has 0 saturated heterocycles. The minimum absolute atomic E-state index is 0.238. The van der Waals surface area contributed by atoms with Gasteiger partial charge in [-0.3, -0.25) is 0 Å². The van der Waals surface area contributed by atoms with Crippen LogP contribution in [0, 0.1) is 0 Å². The molecule has 92 valence electrons. The topological polar surface area (TPSA) is 35.5 Å². The van der Waals surface area contributed by atoms with E-state index in [0.29, 0.717) is 21.4 Å². The lowest BCUT2D eigenvalue weighted by Crippen LogP contribution is -2.04. The van der Waals surface area contributed by atoms with Crippen LogP contribution in [-0.2, 0) is 9.53 Å². The number of carbonyl (C=O) groups excluding carboxylic acids is 1. The van der Waals surface area contributed by atoms with Crippen LogP contribution in [0.2, 0.25) is 10.0 Å². The van der Waals surface area contributed by atoms with Gasteiger partial charge in [-0.25, -0.2) is 4.79 Å². The second-order valence-electron chi connectivity index (χ2n) is 3.26. The average Bonchev–Trinajstić information content (AvgIpc) is 2.30. The van der Waals surface area contributed by atoms with E-state index < -0.39 is 0 Å². The molecule has 0 bridgehead atoms. The monoisotopic (exact) mass is 274 g/mol. The van der Waals surface area contributed by atoms with Crippen LogP contribution in [0.15, 0.2) is 29.8 Å². The lowest BCUT2D eigenvalue weighted by Gasteiger charge is -2.06. The minimum atomic E-state index is -0.379. The van der Waals surface area contributed by atoms with Gasteiger partial charge in [0.1, 0.15) is 12.4 Å². The van der Waals surface area contributed by atoms with Crippen LogP contribution in [-0.4, -0.2) is 19.7 Å². The van der Waals surface area contributed by atoms with Crippen molar-refractivity contribution in [3.8, 4) is 5.75 Å². The van der Waals surface area contributed by atoms with Crippen LogP contribution in [0.5, 0.6) is 5.75 Å². The molecule has 0 spiro atoms. The lowest BCUT2D eigenvalue weighted by molar-refractivity contribution is -0.136. The van der Waals surface area contributed by atoms with Gasteiger partial charge < -0.3 is 9.47 Å². The Bertz CT molecular complexity index is 441. The number of hydrogen-bond acceptors (Lipinski definition) is 3. The van der Waals surface area contributed by atoms with Crippen molar-refractivity contribution in [2.24, 2.45) is 0 Å². The number of hydrogen-bond donors (Lipinski definition) is 0. The van der Waals surface area contributed by atoms with Gasteiger partial charge in [-0.15, -0.1) is 0 Å². The van der Waals surface area contributed by atoms with Crippen LogP contribution in [0.3, 0.4) is 0 Å².